The van der Waals surface area contributed by atoms with Crippen LogP contribution in [0.2, 0.25) is 0 Å². The van der Waals surface area contributed by atoms with Gasteiger partial charge in [-0.1, -0.05) is 0 Å². The number of alkyl halides is 1. The Balaban J connectivity index is 3.61. The van der Waals surface area contributed by atoms with Crippen molar-refractivity contribution in [1.82, 2.24) is 0 Å². The zero-order valence-electron chi connectivity index (χ0n) is 5.91. The first-order valence-electron chi connectivity index (χ1n) is 2.73. The van der Waals surface area contributed by atoms with Gasteiger partial charge in [-0.3, -0.25) is 0 Å². The van der Waals surface area contributed by atoms with Crippen molar-refractivity contribution in [3.8, 4) is 0 Å². The molecule has 0 aliphatic rings. The lowest BCUT2D eigenvalue weighted by Crippen LogP contribution is -2.36. The predicted octanol–water partition coefficient (Wildman–Crippen LogP) is -0.947. The SMILES string of the molecule is COC(=O)COC(O)(O)CCl. The summed E-state index contributed by atoms with van der Waals surface area (Å²) in [6.07, 6.45) is 0. The third-order valence-electron chi connectivity index (χ3n) is 0.823. The van der Waals surface area contributed by atoms with E-state index in [1.807, 2.05) is 0 Å². The molecule has 0 unspecified atom stereocenters. The van der Waals surface area contributed by atoms with Crippen molar-refractivity contribution in [1.29, 1.82) is 0 Å². The van der Waals surface area contributed by atoms with Crippen LogP contribution in [0.5, 0.6) is 0 Å². The largest absolute Gasteiger partial charge is 0.467 e. The minimum absolute atomic E-state index is 0.538. The molecule has 0 fully saturated rings. The molecule has 0 aromatic carbocycles. The fourth-order valence-electron chi connectivity index (χ4n) is 0.272. The lowest BCUT2D eigenvalue weighted by Gasteiger charge is -2.17. The number of rotatable bonds is 4. The van der Waals surface area contributed by atoms with E-state index in [4.69, 9.17) is 21.8 Å². The van der Waals surface area contributed by atoms with E-state index in [-0.39, 0.29) is 0 Å². The Morgan fingerprint density at radius 1 is 1.64 bits per heavy atom. The van der Waals surface area contributed by atoms with Crippen LogP contribution in [0.4, 0.5) is 0 Å². The lowest BCUT2D eigenvalue weighted by atomic mass is 10.6. The topological polar surface area (TPSA) is 76.0 Å². The van der Waals surface area contributed by atoms with Crippen LogP contribution in [0.25, 0.3) is 0 Å². The van der Waals surface area contributed by atoms with Crippen molar-refractivity contribution in [2.45, 2.75) is 5.97 Å². The molecule has 0 aromatic heterocycles. The van der Waals surface area contributed by atoms with Crippen LogP contribution in [0, 0.1) is 0 Å². The molecular formula is C5H9ClO5. The first kappa shape index (κ1) is 10.6. The highest BCUT2D eigenvalue weighted by Crippen LogP contribution is 2.03. The van der Waals surface area contributed by atoms with Crippen LogP contribution >= 0.6 is 11.6 Å². The van der Waals surface area contributed by atoms with Gasteiger partial charge in [0.2, 0.25) is 0 Å². The Labute approximate surface area is 68.5 Å². The second-order valence-electron chi connectivity index (χ2n) is 1.74. The van der Waals surface area contributed by atoms with Gasteiger partial charge in [-0.2, -0.15) is 0 Å². The van der Waals surface area contributed by atoms with E-state index in [1.165, 1.54) is 0 Å². The van der Waals surface area contributed by atoms with E-state index >= 15 is 0 Å². The number of hydrogen-bond donors (Lipinski definition) is 2. The maximum Gasteiger partial charge on any atom is 0.332 e. The summed E-state index contributed by atoms with van der Waals surface area (Å²) in [5.41, 5.74) is 0. The monoisotopic (exact) mass is 184 g/mol. The van der Waals surface area contributed by atoms with Crippen molar-refractivity contribution in [3.05, 3.63) is 0 Å². The number of halogens is 1. The normalized spacial score (nSPS) is 11.3. The highest BCUT2D eigenvalue weighted by atomic mass is 35.5. The van der Waals surface area contributed by atoms with Gasteiger partial charge in [0.05, 0.1) is 7.11 Å². The van der Waals surface area contributed by atoms with E-state index in [2.05, 4.69) is 9.47 Å². The van der Waals surface area contributed by atoms with Gasteiger partial charge in [0.1, 0.15) is 5.88 Å². The van der Waals surface area contributed by atoms with Crippen LogP contribution in [-0.2, 0) is 14.3 Å². The van der Waals surface area contributed by atoms with Crippen LogP contribution in [-0.4, -0.2) is 41.8 Å². The summed E-state index contributed by atoms with van der Waals surface area (Å²) in [6, 6.07) is 0. The molecule has 0 bridgehead atoms. The molecule has 0 radical (unpaired) electrons. The first-order chi connectivity index (χ1) is 5.02. The van der Waals surface area contributed by atoms with E-state index in [0.29, 0.717) is 0 Å². The molecule has 0 aliphatic heterocycles. The second kappa shape index (κ2) is 4.50. The number of esters is 1. The molecule has 6 heteroatoms. The summed E-state index contributed by atoms with van der Waals surface area (Å²) in [4.78, 5) is 10.4. The average Bonchev–Trinajstić information content (AvgIpc) is 2.00. The van der Waals surface area contributed by atoms with Gasteiger partial charge in [-0.05, 0) is 0 Å². The van der Waals surface area contributed by atoms with Gasteiger partial charge in [0, 0.05) is 0 Å². The Hall–Kier alpha value is -0.360. The van der Waals surface area contributed by atoms with E-state index in [0.717, 1.165) is 7.11 Å². The Morgan fingerprint density at radius 2 is 2.18 bits per heavy atom. The molecule has 5 nitrogen and oxygen atoms in total. The molecule has 0 aliphatic carbocycles. The van der Waals surface area contributed by atoms with Crippen molar-refractivity contribution in [3.63, 3.8) is 0 Å². The Bertz CT molecular complexity index is 135. The van der Waals surface area contributed by atoms with Gasteiger partial charge < -0.3 is 19.7 Å². The van der Waals surface area contributed by atoms with E-state index in [1.54, 1.807) is 0 Å². The minimum Gasteiger partial charge on any atom is -0.467 e. The van der Waals surface area contributed by atoms with Crippen molar-refractivity contribution < 1.29 is 24.5 Å². The Morgan fingerprint density at radius 3 is 2.55 bits per heavy atom. The zero-order valence-corrected chi connectivity index (χ0v) is 6.67. The van der Waals surface area contributed by atoms with Gasteiger partial charge in [0.15, 0.2) is 6.61 Å². The first-order valence-corrected chi connectivity index (χ1v) is 3.27. The summed E-state index contributed by atoms with van der Waals surface area (Å²) in [7, 11) is 1.16. The maximum absolute atomic E-state index is 10.4. The highest BCUT2D eigenvalue weighted by Gasteiger charge is 2.23. The fourth-order valence-corrected chi connectivity index (χ4v) is 0.349. The van der Waals surface area contributed by atoms with Crippen molar-refractivity contribution in [2.75, 3.05) is 19.6 Å². The van der Waals surface area contributed by atoms with Gasteiger partial charge >= 0.3 is 5.97 Å². The molecule has 0 spiro atoms. The van der Waals surface area contributed by atoms with Crippen LogP contribution in [0.15, 0.2) is 0 Å². The quantitative estimate of drug-likeness (QED) is 0.335. The van der Waals surface area contributed by atoms with E-state index < -0.39 is 24.4 Å². The van der Waals surface area contributed by atoms with Gasteiger partial charge in [0.25, 0.3) is 5.97 Å². The molecule has 0 saturated carbocycles. The van der Waals surface area contributed by atoms with Crippen LogP contribution < -0.4 is 0 Å². The molecule has 0 amide bonds. The second-order valence-corrected chi connectivity index (χ2v) is 2.01. The molecular weight excluding hydrogens is 176 g/mol. The standard InChI is InChI=1S/C5H9ClO5/c1-10-4(7)2-11-5(8,9)3-6/h8-9H,2-3H2,1H3. The summed E-state index contributed by atoms with van der Waals surface area (Å²) in [5, 5.41) is 17.3. The van der Waals surface area contributed by atoms with Crippen LogP contribution in [0.3, 0.4) is 0 Å². The number of hydrogen-bond acceptors (Lipinski definition) is 5. The molecule has 0 atom stereocenters. The average molecular weight is 185 g/mol. The summed E-state index contributed by atoms with van der Waals surface area (Å²) >= 11 is 5.04. The summed E-state index contributed by atoms with van der Waals surface area (Å²) < 4.78 is 8.40. The molecule has 11 heavy (non-hydrogen) atoms. The summed E-state index contributed by atoms with van der Waals surface area (Å²) in [5.74, 6) is -3.71. The molecule has 0 rings (SSSR count). The zero-order chi connectivity index (χ0) is 8.91. The third-order valence-corrected chi connectivity index (χ3v) is 1.17. The molecule has 0 aromatic rings. The molecule has 0 heterocycles. The lowest BCUT2D eigenvalue weighted by molar-refractivity contribution is -0.320. The van der Waals surface area contributed by atoms with Crippen molar-refractivity contribution in [2.24, 2.45) is 0 Å². The fraction of sp³-hybridized carbons (Fsp3) is 0.800. The molecule has 66 valence electrons. The number of methoxy groups -OCH3 is 1. The predicted molar refractivity (Wildman–Crippen MR) is 35.9 cm³/mol. The molecule has 2 N–H and O–H groups in total. The van der Waals surface area contributed by atoms with Crippen LogP contribution in [0.1, 0.15) is 0 Å². The van der Waals surface area contributed by atoms with Gasteiger partial charge in [-0.25, -0.2) is 4.79 Å². The number of carbonyl (C=O) groups excluding carboxylic acids is 1. The smallest absolute Gasteiger partial charge is 0.332 e. The minimum atomic E-state index is -2.46. The number of ether oxygens (including phenoxy) is 2. The third kappa shape index (κ3) is 4.97. The number of carbonyl (C=O) groups is 1. The molecule has 0 saturated heterocycles. The Kier molecular flexibility index (Phi) is 4.36. The van der Waals surface area contributed by atoms with E-state index in [9.17, 15) is 4.79 Å². The van der Waals surface area contributed by atoms with Crippen molar-refractivity contribution >= 4 is 17.6 Å². The summed E-state index contributed by atoms with van der Waals surface area (Å²) in [6.45, 7) is -0.545. The highest BCUT2D eigenvalue weighted by molar-refractivity contribution is 6.18. The van der Waals surface area contributed by atoms with Gasteiger partial charge in [-0.15, -0.1) is 11.6 Å². The maximum atomic E-state index is 10.4. The number of aliphatic hydroxyl groups is 2.